The Labute approximate surface area is 147 Å². The summed E-state index contributed by atoms with van der Waals surface area (Å²) in [6, 6.07) is 16.3. The molecule has 0 aromatic heterocycles. The van der Waals surface area contributed by atoms with Gasteiger partial charge in [-0.3, -0.25) is 4.79 Å². The molecule has 5 heteroatoms. The number of anilines is 2. The monoisotopic (exact) mass is 337 g/mol. The lowest BCUT2D eigenvalue weighted by Crippen LogP contribution is -2.39. The lowest BCUT2D eigenvalue weighted by molar-refractivity contribution is 0.102. The molecule has 1 aliphatic carbocycles. The number of hydrogen-bond acceptors (Lipinski definition) is 2. The number of amides is 3. The number of hydrogen-bond donors (Lipinski definition) is 3. The third-order valence-electron chi connectivity index (χ3n) is 4.38. The normalized spacial score (nSPS) is 14.6. The Hall–Kier alpha value is -2.82. The van der Waals surface area contributed by atoms with Crippen LogP contribution in [-0.4, -0.2) is 18.0 Å². The number of benzene rings is 2. The Morgan fingerprint density at radius 3 is 2.08 bits per heavy atom. The molecule has 0 radical (unpaired) electrons. The van der Waals surface area contributed by atoms with Crippen LogP contribution >= 0.6 is 0 Å². The van der Waals surface area contributed by atoms with Gasteiger partial charge in [-0.2, -0.15) is 0 Å². The second-order valence-corrected chi connectivity index (χ2v) is 6.33. The van der Waals surface area contributed by atoms with E-state index in [1.165, 1.54) is 19.3 Å². The van der Waals surface area contributed by atoms with Crippen LogP contribution in [0.5, 0.6) is 0 Å². The Balaban J connectivity index is 1.52. The molecule has 1 saturated carbocycles. The molecule has 0 unspecified atom stereocenters. The average Bonchev–Trinajstić information content (AvgIpc) is 2.64. The predicted molar refractivity (Wildman–Crippen MR) is 99.9 cm³/mol. The van der Waals surface area contributed by atoms with Crippen molar-refractivity contribution < 1.29 is 9.59 Å². The topological polar surface area (TPSA) is 70.2 Å². The number of carbonyl (C=O) groups excluding carboxylic acids is 2. The van der Waals surface area contributed by atoms with Crippen molar-refractivity contribution in [3.05, 3.63) is 60.2 Å². The molecule has 0 saturated heterocycles. The minimum atomic E-state index is -0.187. The summed E-state index contributed by atoms with van der Waals surface area (Å²) < 4.78 is 0. The van der Waals surface area contributed by atoms with Gasteiger partial charge < -0.3 is 16.0 Å². The molecule has 2 aromatic carbocycles. The molecule has 0 atom stereocenters. The largest absolute Gasteiger partial charge is 0.335 e. The van der Waals surface area contributed by atoms with Crippen molar-refractivity contribution in [2.45, 2.75) is 38.1 Å². The van der Waals surface area contributed by atoms with E-state index in [1.54, 1.807) is 24.3 Å². The molecule has 25 heavy (non-hydrogen) atoms. The van der Waals surface area contributed by atoms with E-state index in [2.05, 4.69) is 16.0 Å². The first-order chi connectivity index (χ1) is 12.2. The summed E-state index contributed by atoms with van der Waals surface area (Å²) in [4.78, 5) is 24.2. The van der Waals surface area contributed by atoms with Crippen molar-refractivity contribution >= 4 is 23.3 Å². The van der Waals surface area contributed by atoms with Crippen LogP contribution in [0.25, 0.3) is 0 Å². The van der Waals surface area contributed by atoms with E-state index in [0.29, 0.717) is 11.3 Å². The summed E-state index contributed by atoms with van der Waals surface area (Å²) in [5.74, 6) is -0.176. The second-order valence-electron chi connectivity index (χ2n) is 6.33. The van der Waals surface area contributed by atoms with E-state index in [1.807, 2.05) is 30.3 Å². The number of urea groups is 1. The summed E-state index contributed by atoms with van der Waals surface area (Å²) in [6.07, 6.45) is 5.71. The molecule has 0 aliphatic heterocycles. The van der Waals surface area contributed by atoms with Gasteiger partial charge in [0, 0.05) is 23.0 Å². The van der Waals surface area contributed by atoms with Crippen LogP contribution in [0, 0.1) is 0 Å². The van der Waals surface area contributed by atoms with Gasteiger partial charge in [-0.05, 0) is 49.2 Å². The van der Waals surface area contributed by atoms with Crippen LogP contribution < -0.4 is 16.0 Å². The smallest absolute Gasteiger partial charge is 0.319 e. The molecule has 130 valence electrons. The SMILES string of the molecule is O=C(Nc1ccc(C(=O)Nc2ccccc2)cc1)NC1CCCCC1. The van der Waals surface area contributed by atoms with Crippen molar-refractivity contribution in [2.75, 3.05) is 10.6 Å². The van der Waals surface area contributed by atoms with Crippen LogP contribution in [0.4, 0.5) is 16.2 Å². The van der Waals surface area contributed by atoms with Crippen LogP contribution in [0.3, 0.4) is 0 Å². The van der Waals surface area contributed by atoms with Gasteiger partial charge in [-0.1, -0.05) is 37.5 Å². The Morgan fingerprint density at radius 2 is 1.40 bits per heavy atom. The third-order valence-corrected chi connectivity index (χ3v) is 4.38. The fourth-order valence-corrected chi connectivity index (χ4v) is 3.03. The maximum Gasteiger partial charge on any atom is 0.319 e. The highest BCUT2D eigenvalue weighted by Crippen LogP contribution is 2.18. The van der Waals surface area contributed by atoms with E-state index in [0.717, 1.165) is 18.5 Å². The van der Waals surface area contributed by atoms with Crippen molar-refractivity contribution in [3.8, 4) is 0 Å². The van der Waals surface area contributed by atoms with Gasteiger partial charge in [0.05, 0.1) is 0 Å². The van der Waals surface area contributed by atoms with Crippen molar-refractivity contribution in [1.82, 2.24) is 5.32 Å². The van der Waals surface area contributed by atoms with Gasteiger partial charge in [0.1, 0.15) is 0 Å². The van der Waals surface area contributed by atoms with Gasteiger partial charge in [-0.25, -0.2) is 4.79 Å². The number of carbonyl (C=O) groups is 2. The van der Waals surface area contributed by atoms with Gasteiger partial charge >= 0.3 is 6.03 Å². The van der Waals surface area contributed by atoms with E-state index in [9.17, 15) is 9.59 Å². The Kier molecular flexibility index (Phi) is 5.67. The van der Waals surface area contributed by atoms with Crippen molar-refractivity contribution in [3.63, 3.8) is 0 Å². The lowest BCUT2D eigenvalue weighted by Gasteiger charge is -2.22. The zero-order valence-electron chi connectivity index (χ0n) is 14.1. The molecule has 5 nitrogen and oxygen atoms in total. The summed E-state index contributed by atoms with van der Waals surface area (Å²) in [5.41, 5.74) is 1.97. The average molecular weight is 337 g/mol. The number of rotatable bonds is 4. The van der Waals surface area contributed by atoms with E-state index >= 15 is 0 Å². The highest BCUT2D eigenvalue weighted by molar-refractivity contribution is 6.04. The predicted octanol–water partition coefficient (Wildman–Crippen LogP) is 4.39. The zero-order valence-corrected chi connectivity index (χ0v) is 14.1. The molecule has 1 fully saturated rings. The zero-order chi connectivity index (χ0) is 17.5. The van der Waals surface area contributed by atoms with Gasteiger partial charge in [0.15, 0.2) is 0 Å². The maximum absolute atomic E-state index is 12.2. The summed E-state index contributed by atoms with van der Waals surface area (Å²) in [7, 11) is 0. The van der Waals surface area contributed by atoms with E-state index in [-0.39, 0.29) is 18.0 Å². The lowest BCUT2D eigenvalue weighted by atomic mass is 9.96. The van der Waals surface area contributed by atoms with Crippen molar-refractivity contribution in [1.29, 1.82) is 0 Å². The first kappa shape index (κ1) is 17.0. The Bertz CT molecular complexity index is 707. The summed E-state index contributed by atoms with van der Waals surface area (Å²) >= 11 is 0. The fourth-order valence-electron chi connectivity index (χ4n) is 3.03. The van der Waals surface area contributed by atoms with E-state index < -0.39 is 0 Å². The molecule has 0 heterocycles. The third kappa shape index (κ3) is 5.08. The summed E-state index contributed by atoms with van der Waals surface area (Å²) in [5, 5.41) is 8.67. The fraction of sp³-hybridized carbons (Fsp3) is 0.300. The van der Waals surface area contributed by atoms with Crippen LogP contribution in [0.1, 0.15) is 42.5 Å². The first-order valence-corrected chi connectivity index (χ1v) is 8.75. The standard InChI is InChI=1S/C20H23N3O2/c24-19(21-16-7-3-1-4-8-16)15-11-13-18(14-12-15)23-20(25)22-17-9-5-2-6-10-17/h1,3-4,7-8,11-14,17H,2,5-6,9-10H2,(H,21,24)(H2,22,23,25). The molecular weight excluding hydrogens is 314 g/mol. The quantitative estimate of drug-likeness (QED) is 0.774. The van der Waals surface area contributed by atoms with Crippen LogP contribution in [0.2, 0.25) is 0 Å². The molecule has 2 aromatic rings. The molecular formula is C20H23N3O2. The van der Waals surface area contributed by atoms with E-state index in [4.69, 9.17) is 0 Å². The minimum Gasteiger partial charge on any atom is -0.335 e. The second kappa shape index (κ2) is 8.33. The molecule has 0 spiro atoms. The number of para-hydroxylation sites is 1. The molecule has 1 aliphatic rings. The molecule has 3 rings (SSSR count). The van der Waals surface area contributed by atoms with Crippen LogP contribution in [0.15, 0.2) is 54.6 Å². The molecule has 3 N–H and O–H groups in total. The highest BCUT2D eigenvalue weighted by atomic mass is 16.2. The maximum atomic E-state index is 12.2. The van der Waals surface area contributed by atoms with Crippen LogP contribution in [-0.2, 0) is 0 Å². The van der Waals surface area contributed by atoms with Crippen molar-refractivity contribution in [2.24, 2.45) is 0 Å². The summed E-state index contributed by atoms with van der Waals surface area (Å²) in [6.45, 7) is 0. The van der Waals surface area contributed by atoms with Gasteiger partial charge in [-0.15, -0.1) is 0 Å². The first-order valence-electron chi connectivity index (χ1n) is 8.75. The Morgan fingerprint density at radius 1 is 0.760 bits per heavy atom. The minimum absolute atomic E-state index is 0.176. The number of nitrogens with one attached hydrogen (secondary N) is 3. The van der Waals surface area contributed by atoms with Gasteiger partial charge in [0.25, 0.3) is 5.91 Å². The molecule has 3 amide bonds. The highest BCUT2D eigenvalue weighted by Gasteiger charge is 2.15. The molecule has 0 bridgehead atoms. The van der Waals surface area contributed by atoms with Gasteiger partial charge in [0.2, 0.25) is 0 Å².